The van der Waals surface area contributed by atoms with Crippen LogP contribution in [-0.4, -0.2) is 37.8 Å². The van der Waals surface area contributed by atoms with Gasteiger partial charge in [-0.05, 0) is 38.0 Å². The molecule has 27 heavy (non-hydrogen) atoms. The van der Waals surface area contributed by atoms with Gasteiger partial charge in [0.1, 0.15) is 0 Å². The molecule has 1 aromatic carbocycles. The molecule has 0 atom stereocenters. The van der Waals surface area contributed by atoms with E-state index >= 15 is 0 Å². The summed E-state index contributed by atoms with van der Waals surface area (Å²) in [5.74, 6) is 0.584. The molecule has 0 heterocycles. The molecule has 7 heteroatoms. The van der Waals surface area contributed by atoms with Gasteiger partial charge in [-0.15, -0.1) is 0 Å². The highest BCUT2D eigenvalue weighted by Crippen LogP contribution is 2.27. The van der Waals surface area contributed by atoms with Crippen LogP contribution in [-0.2, 0) is 4.79 Å². The van der Waals surface area contributed by atoms with E-state index in [9.17, 15) is 9.59 Å². The highest BCUT2D eigenvalue weighted by molar-refractivity contribution is 6.01. The maximum atomic E-state index is 12.2. The minimum Gasteiger partial charge on any atom is -0.493 e. The van der Waals surface area contributed by atoms with Crippen molar-refractivity contribution in [3.63, 3.8) is 0 Å². The van der Waals surface area contributed by atoms with E-state index in [1.54, 1.807) is 25.1 Å². The molecule has 0 radical (unpaired) electrons. The number of hydrogen-bond acceptors (Lipinski definition) is 5. The predicted octanol–water partition coefficient (Wildman–Crippen LogP) is 3.04. The van der Waals surface area contributed by atoms with Crippen molar-refractivity contribution >= 4 is 17.5 Å². The number of amides is 2. The number of rotatable bonds is 7. The van der Waals surface area contributed by atoms with E-state index in [2.05, 4.69) is 15.8 Å². The van der Waals surface area contributed by atoms with Crippen LogP contribution in [0.4, 0.5) is 0 Å². The van der Waals surface area contributed by atoms with Gasteiger partial charge in [-0.3, -0.25) is 9.59 Å². The van der Waals surface area contributed by atoms with Crippen LogP contribution in [0.15, 0.2) is 23.3 Å². The van der Waals surface area contributed by atoms with Gasteiger partial charge >= 0.3 is 0 Å². The number of nitrogens with one attached hydrogen (secondary N) is 2. The second-order valence-electron chi connectivity index (χ2n) is 6.79. The van der Waals surface area contributed by atoms with Crippen molar-refractivity contribution in [2.24, 2.45) is 5.10 Å². The fourth-order valence-corrected chi connectivity index (χ4v) is 3.16. The van der Waals surface area contributed by atoms with Crippen LogP contribution in [0.25, 0.3) is 0 Å². The molecule has 0 unspecified atom stereocenters. The minimum absolute atomic E-state index is 0.0523. The molecule has 7 nitrogen and oxygen atoms in total. The lowest BCUT2D eigenvalue weighted by atomic mass is 10.1. The molecule has 0 saturated heterocycles. The summed E-state index contributed by atoms with van der Waals surface area (Å²) in [5.41, 5.74) is 3.43. The van der Waals surface area contributed by atoms with Gasteiger partial charge < -0.3 is 14.8 Å². The number of carbonyl (C=O) groups is 2. The molecule has 2 amide bonds. The van der Waals surface area contributed by atoms with E-state index in [-0.39, 0.29) is 24.3 Å². The van der Waals surface area contributed by atoms with E-state index in [1.165, 1.54) is 39.9 Å². The molecule has 0 aromatic heterocycles. The number of methoxy groups -OCH3 is 2. The normalized spacial score (nSPS) is 15.6. The Bertz CT molecular complexity index is 680. The van der Waals surface area contributed by atoms with Crippen LogP contribution in [0.2, 0.25) is 0 Å². The van der Waals surface area contributed by atoms with Crippen LogP contribution < -0.4 is 20.2 Å². The lowest BCUT2D eigenvalue weighted by molar-refractivity contribution is -0.120. The van der Waals surface area contributed by atoms with Crippen molar-refractivity contribution < 1.29 is 19.1 Å². The number of nitrogens with zero attached hydrogens (tertiary/aromatic N) is 1. The lowest BCUT2D eigenvalue weighted by Gasteiger charge is -2.16. The van der Waals surface area contributed by atoms with Crippen LogP contribution in [0.3, 0.4) is 0 Å². The summed E-state index contributed by atoms with van der Waals surface area (Å²) in [7, 11) is 3.04. The van der Waals surface area contributed by atoms with Crippen LogP contribution in [0, 0.1) is 0 Å². The zero-order chi connectivity index (χ0) is 19.6. The van der Waals surface area contributed by atoms with Gasteiger partial charge in [-0.2, -0.15) is 5.10 Å². The fraction of sp³-hybridized carbons (Fsp3) is 0.550. The minimum atomic E-state index is -0.375. The van der Waals surface area contributed by atoms with Gasteiger partial charge in [0.15, 0.2) is 11.5 Å². The molecule has 0 aliphatic heterocycles. The van der Waals surface area contributed by atoms with Gasteiger partial charge in [0, 0.05) is 17.3 Å². The maximum Gasteiger partial charge on any atom is 0.271 e. The number of ether oxygens (including phenoxy) is 2. The number of hydrazone groups is 1. The molecule has 0 bridgehead atoms. The number of hydrogen-bond donors (Lipinski definition) is 2. The third kappa shape index (κ3) is 6.58. The van der Waals surface area contributed by atoms with E-state index in [0.29, 0.717) is 22.8 Å². The topological polar surface area (TPSA) is 89.0 Å². The molecular formula is C20H29N3O4. The maximum absolute atomic E-state index is 12.2. The first kappa shape index (κ1) is 20.7. The zero-order valence-electron chi connectivity index (χ0n) is 16.3. The lowest BCUT2D eigenvalue weighted by Crippen LogP contribution is -2.35. The van der Waals surface area contributed by atoms with Crippen LogP contribution in [0.5, 0.6) is 11.5 Å². The first-order valence-electron chi connectivity index (χ1n) is 9.38. The molecule has 0 spiro atoms. The monoisotopic (exact) mass is 375 g/mol. The summed E-state index contributed by atoms with van der Waals surface area (Å²) < 4.78 is 10.3. The Hall–Kier alpha value is -2.57. The molecule has 1 aliphatic rings. The second kappa shape index (κ2) is 10.5. The molecule has 1 saturated carbocycles. The average molecular weight is 375 g/mol. The Morgan fingerprint density at radius 2 is 1.74 bits per heavy atom. The zero-order valence-corrected chi connectivity index (χ0v) is 16.3. The molecule has 1 aliphatic carbocycles. The quantitative estimate of drug-likeness (QED) is 0.435. The van der Waals surface area contributed by atoms with Crippen molar-refractivity contribution in [3.05, 3.63) is 23.8 Å². The van der Waals surface area contributed by atoms with E-state index < -0.39 is 0 Å². The van der Waals surface area contributed by atoms with Gasteiger partial charge in [0.05, 0.1) is 20.6 Å². The molecule has 1 fully saturated rings. The van der Waals surface area contributed by atoms with Crippen molar-refractivity contribution in [3.8, 4) is 11.5 Å². The predicted molar refractivity (Wildman–Crippen MR) is 104 cm³/mol. The van der Waals surface area contributed by atoms with Crippen molar-refractivity contribution in [1.29, 1.82) is 0 Å². The average Bonchev–Trinajstić information content (AvgIpc) is 2.93. The molecule has 2 rings (SSSR count). The standard InChI is InChI=1S/C20H29N3O4/c1-14(12-19(24)21-16-8-6-4-5-7-9-16)22-23-20(25)15-10-11-17(26-2)18(13-15)27-3/h10-11,13,16H,4-9,12H2,1-3H3,(H,21,24)(H,23,25)/b22-14+. The summed E-state index contributed by atoms with van der Waals surface area (Å²) in [5, 5.41) is 7.11. The largest absolute Gasteiger partial charge is 0.493 e. The summed E-state index contributed by atoms with van der Waals surface area (Å²) >= 11 is 0. The molecule has 1 aromatic rings. The number of carbonyl (C=O) groups excluding carboxylic acids is 2. The van der Waals surface area contributed by atoms with Crippen molar-refractivity contribution in [2.45, 2.75) is 57.9 Å². The Kier molecular flexibility index (Phi) is 8.10. The fourth-order valence-electron chi connectivity index (χ4n) is 3.16. The van der Waals surface area contributed by atoms with Gasteiger partial charge in [0.25, 0.3) is 5.91 Å². The highest BCUT2D eigenvalue weighted by Gasteiger charge is 2.15. The Labute approximate surface area is 160 Å². The molecule has 2 N–H and O–H groups in total. The summed E-state index contributed by atoms with van der Waals surface area (Å²) in [6.45, 7) is 1.72. The van der Waals surface area contributed by atoms with Crippen LogP contribution in [0.1, 0.15) is 62.2 Å². The first-order valence-corrected chi connectivity index (χ1v) is 9.38. The summed E-state index contributed by atoms with van der Waals surface area (Å²) in [6.07, 6.45) is 7.07. The summed E-state index contributed by atoms with van der Waals surface area (Å²) in [6, 6.07) is 5.12. The number of benzene rings is 1. The van der Waals surface area contributed by atoms with Gasteiger partial charge in [0.2, 0.25) is 5.91 Å². The van der Waals surface area contributed by atoms with E-state index in [0.717, 1.165) is 12.8 Å². The van der Waals surface area contributed by atoms with E-state index in [4.69, 9.17) is 9.47 Å². The van der Waals surface area contributed by atoms with Crippen molar-refractivity contribution in [2.75, 3.05) is 14.2 Å². The second-order valence-corrected chi connectivity index (χ2v) is 6.79. The first-order chi connectivity index (χ1) is 13.0. The SMILES string of the molecule is COc1ccc(C(=O)N/N=C(\C)CC(=O)NC2CCCCCC2)cc1OC. The van der Waals surface area contributed by atoms with E-state index in [1.807, 2.05) is 0 Å². The Morgan fingerprint density at radius 1 is 1.07 bits per heavy atom. The molecule has 148 valence electrons. The smallest absolute Gasteiger partial charge is 0.271 e. The van der Waals surface area contributed by atoms with Gasteiger partial charge in [-0.25, -0.2) is 5.43 Å². The van der Waals surface area contributed by atoms with Crippen molar-refractivity contribution in [1.82, 2.24) is 10.7 Å². The third-order valence-corrected chi connectivity index (χ3v) is 4.63. The highest BCUT2D eigenvalue weighted by atomic mass is 16.5. The Balaban J connectivity index is 1.86. The van der Waals surface area contributed by atoms with Gasteiger partial charge in [-0.1, -0.05) is 25.7 Å². The summed E-state index contributed by atoms with van der Waals surface area (Å²) in [4.78, 5) is 24.4. The Morgan fingerprint density at radius 3 is 2.37 bits per heavy atom. The molecular weight excluding hydrogens is 346 g/mol. The van der Waals surface area contributed by atoms with Crippen LogP contribution >= 0.6 is 0 Å². The third-order valence-electron chi connectivity index (χ3n) is 4.63.